The van der Waals surface area contributed by atoms with E-state index in [9.17, 15) is 27.2 Å². The van der Waals surface area contributed by atoms with Crippen LogP contribution in [0.25, 0.3) is 0 Å². The first-order chi connectivity index (χ1) is 9.16. The molecule has 1 atom stereocenters. The highest BCUT2D eigenvalue weighted by atomic mass is 19.4. The number of carboxylic acid groups (broad SMARTS) is 1. The summed E-state index contributed by atoms with van der Waals surface area (Å²) in [5.41, 5.74) is -0.353. The van der Waals surface area contributed by atoms with E-state index in [1.807, 2.05) is 0 Å². The van der Waals surface area contributed by atoms with Crippen LogP contribution in [0.1, 0.15) is 11.6 Å². The molecule has 0 spiro atoms. The second-order valence-corrected chi connectivity index (χ2v) is 3.64. The Morgan fingerprint density at radius 2 is 1.95 bits per heavy atom. The van der Waals surface area contributed by atoms with Gasteiger partial charge in [0.1, 0.15) is 0 Å². The van der Waals surface area contributed by atoms with Crippen LogP contribution in [0.15, 0.2) is 18.2 Å². The van der Waals surface area contributed by atoms with Gasteiger partial charge in [0, 0.05) is 0 Å². The Hall–Kier alpha value is -2.32. The number of carboxylic acids is 1. The second kappa shape index (κ2) is 5.76. The maximum absolute atomic E-state index is 13.4. The van der Waals surface area contributed by atoms with E-state index >= 15 is 0 Å². The molecule has 20 heavy (non-hydrogen) atoms. The van der Waals surface area contributed by atoms with Crippen molar-refractivity contribution in [2.45, 2.75) is 12.2 Å². The summed E-state index contributed by atoms with van der Waals surface area (Å²) in [4.78, 5) is 21.6. The standard InChI is InChI=1S/C11H9F4NO4/c1-20-7-3-2-5(4-6(7)12)8(9(17)18)16-10(19)11(13,14)15/h2-4,8H,1H3,(H,16,19)(H,17,18). The van der Waals surface area contributed by atoms with E-state index in [-0.39, 0.29) is 11.3 Å². The Morgan fingerprint density at radius 1 is 1.35 bits per heavy atom. The van der Waals surface area contributed by atoms with Crippen LogP contribution in [-0.2, 0) is 9.59 Å². The minimum atomic E-state index is -5.24. The number of rotatable bonds is 4. The first-order valence-corrected chi connectivity index (χ1v) is 5.10. The minimum absolute atomic E-state index is 0.208. The quantitative estimate of drug-likeness (QED) is 0.828. The van der Waals surface area contributed by atoms with Crippen molar-refractivity contribution in [3.8, 4) is 5.75 Å². The highest BCUT2D eigenvalue weighted by Gasteiger charge is 2.41. The fraction of sp³-hybridized carbons (Fsp3) is 0.273. The summed E-state index contributed by atoms with van der Waals surface area (Å²) in [6.07, 6.45) is -5.24. The summed E-state index contributed by atoms with van der Waals surface area (Å²) < 4.78 is 54.2. The highest BCUT2D eigenvalue weighted by molar-refractivity contribution is 5.87. The van der Waals surface area contributed by atoms with E-state index in [0.29, 0.717) is 6.07 Å². The SMILES string of the molecule is COc1ccc(C(NC(=O)C(F)(F)F)C(=O)O)cc1F. The number of nitrogens with one attached hydrogen (secondary N) is 1. The zero-order chi connectivity index (χ0) is 15.5. The van der Waals surface area contributed by atoms with E-state index < -0.39 is 29.9 Å². The zero-order valence-corrected chi connectivity index (χ0v) is 9.99. The van der Waals surface area contributed by atoms with Crippen LogP contribution in [0.2, 0.25) is 0 Å². The van der Waals surface area contributed by atoms with Gasteiger partial charge in [-0.2, -0.15) is 13.2 Å². The Balaban J connectivity index is 3.06. The number of hydrogen-bond donors (Lipinski definition) is 2. The maximum Gasteiger partial charge on any atom is 0.471 e. The molecule has 9 heteroatoms. The van der Waals surface area contributed by atoms with Gasteiger partial charge in [0.25, 0.3) is 0 Å². The summed E-state index contributed by atoms with van der Waals surface area (Å²) in [5, 5.41) is 10.1. The molecule has 1 aromatic rings. The summed E-state index contributed by atoms with van der Waals surface area (Å²) in [7, 11) is 1.16. The van der Waals surface area contributed by atoms with Crippen molar-refractivity contribution in [2.75, 3.05) is 7.11 Å². The third-order valence-electron chi connectivity index (χ3n) is 2.29. The molecule has 0 saturated carbocycles. The smallest absolute Gasteiger partial charge is 0.471 e. The van der Waals surface area contributed by atoms with E-state index in [1.165, 1.54) is 5.32 Å². The lowest BCUT2D eigenvalue weighted by Gasteiger charge is -2.16. The van der Waals surface area contributed by atoms with Crippen LogP contribution >= 0.6 is 0 Å². The molecule has 0 heterocycles. The minimum Gasteiger partial charge on any atom is -0.494 e. The van der Waals surface area contributed by atoms with Crippen molar-refractivity contribution < 1.29 is 37.0 Å². The normalized spacial score (nSPS) is 12.7. The monoisotopic (exact) mass is 295 g/mol. The van der Waals surface area contributed by atoms with Crippen molar-refractivity contribution >= 4 is 11.9 Å². The number of ether oxygens (including phenoxy) is 1. The molecule has 0 saturated heterocycles. The molecule has 1 rings (SSSR count). The van der Waals surface area contributed by atoms with Crippen molar-refractivity contribution in [1.29, 1.82) is 0 Å². The van der Waals surface area contributed by atoms with Gasteiger partial charge in [0.2, 0.25) is 0 Å². The third-order valence-corrected chi connectivity index (χ3v) is 2.29. The van der Waals surface area contributed by atoms with Gasteiger partial charge in [-0.05, 0) is 17.7 Å². The molecule has 0 aromatic heterocycles. The Labute approximate surface area is 110 Å². The molecule has 0 bridgehead atoms. The molecule has 0 fully saturated rings. The number of hydrogen-bond acceptors (Lipinski definition) is 3. The average molecular weight is 295 g/mol. The predicted molar refractivity (Wildman–Crippen MR) is 57.5 cm³/mol. The van der Waals surface area contributed by atoms with Gasteiger partial charge in [-0.1, -0.05) is 6.07 Å². The van der Waals surface area contributed by atoms with Gasteiger partial charge >= 0.3 is 18.1 Å². The second-order valence-electron chi connectivity index (χ2n) is 3.64. The molecule has 0 aliphatic heterocycles. The van der Waals surface area contributed by atoms with Crippen LogP contribution < -0.4 is 10.1 Å². The number of amides is 1. The molecule has 5 nitrogen and oxygen atoms in total. The molecule has 1 unspecified atom stereocenters. The van der Waals surface area contributed by atoms with E-state index in [1.54, 1.807) is 0 Å². The van der Waals surface area contributed by atoms with Crippen molar-refractivity contribution in [2.24, 2.45) is 0 Å². The van der Waals surface area contributed by atoms with Crippen molar-refractivity contribution in [1.82, 2.24) is 5.32 Å². The van der Waals surface area contributed by atoms with Gasteiger partial charge in [0.15, 0.2) is 17.6 Å². The van der Waals surface area contributed by atoms with Crippen LogP contribution in [0.3, 0.4) is 0 Å². The molecule has 0 aliphatic carbocycles. The molecule has 1 amide bonds. The number of carbonyl (C=O) groups is 2. The number of aliphatic carboxylic acids is 1. The predicted octanol–water partition coefficient (Wildman–Crippen LogP) is 1.64. The first-order valence-electron chi connectivity index (χ1n) is 5.10. The zero-order valence-electron chi connectivity index (χ0n) is 9.99. The largest absolute Gasteiger partial charge is 0.494 e. The lowest BCUT2D eigenvalue weighted by molar-refractivity contribution is -0.175. The molecule has 0 radical (unpaired) electrons. The van der Waals surface area contributed by atoms with E-state index in [0.717, 1.165) is 19.2 Å². The summed E-state index contributed by atoms with van der Waals surface area (Å²) in [6.45, 7) is 0. The number of benzene rings is 1. The summed E-state index contributed by atoms with van der Waals surface area (Å²) >= 11 is 0. The van der Waals surface area contributed by atoms with Crippen LogP contribution in [0.4, 0.5) is 17.6 Å². The van der Waals surface area contributed by atoms with Gasteiger partial charge in [-0.15, -0.1) is 0 Å². The highest BCUT2D eigenvalue weighted by Crippen LogP contribution is 2.23. The van der Waals surface area contributed by atoms with Crippen molar-refractivity contribution in [3.63, 3.8) is 0 Å². The number of carbonyl (C=O) groups excluding carboxylic acids is 1. The summed E-state index contributed by atoms with van der Waals surface area (Å²) in [6, 6.07) is 0.732. The molecule has 1 aromatic carbocycles. The fourth-order valence-electron chi connectivity index (χ4n) is 1.36. The molecular weight excluding hydrogens is 286 g/mol. The molecule has 110 valence electrons. The van der Waals surface area contributed by atoms with Crippen LogP contribution in [-0.4, -0.2) is 30.3 Å². The maximum atomic E-state index is 13.4. The number of halogens is 4. The van der Waals surface area contributed by atoms with E-state index in [2.05, 4.69) is 4.74 Å². The lowest BCUT2D eigenvalue weighted by atomic mass is 10.1. The van der Waals surface area contributed by atoms with Crippen LogP contribution in [0.5, 0.6) is 5.75 Å². The Bertz CT molecular complexity index is 530. The average Bonchev–Trinajstić information content (AvgIpc) is 2.33. The van der Waals surface area contributed by atoms with Gasteiger partial charge in [0.05, 0.1) is 7.11 Å². The fourth-order valence-corrected chi connectivity index (χ4v) is 1.36. The number of methoxy groups -OCH3 is 1. The first kappa shape index (κ1) is 15.7. The van der Waals surface area contributed by atoms with Gasteiger partial charge in [-0.25, -0.2) is 9.18 Å². The molecule has 2 N–H and O–H groups in total. The lowest BCUT2D eigenvalue weighted by Crippen LogP contribution is -2.41. The Morgan fingerprint density at radius 3 is 2.35 bits per heavy atom. The van der Waals surface area contributed by atoms with Crippen molar-refractivity contribution in [3.05, 3.63) is 29.6 Å². The third kappa shape index (κ3) is 3.59. The van der Waals surface area contributed by atoms with Crippen LogP contribution in [0, 0.1) is 5.82 Å². The summed E-state index contributed by atoms with van der Waals surface area (Å²) in [5.74, 6) is -5.36. The van der Waals surface area contributed by atoms with E-state index in [4.69, 9.17) is 5.11 Å². The molecule has 0 aliphatic rings. The topological polar surface area (TPSA) is 75.6 Å². The molecular formula is C11H9F4NO4. The van der Waals surface area contributed by atoms with Gasteiger partial charge < -0.3 is 15.2 Å². The Kier molecular flexibility index (Phi) is 4.53. The number of alkyl halides is 3. The van der Waals surface area contributed by atoms with Gasteiger partial charge in [-0.3, -0.25) is 4.79 Å².